The number of rotatable bonds is 6. The second kappa shape index (κ2) is 8.65. The van der Waals surface area contributed by atoms with Gasteiger partial charge in [-0.2, -0.15) is 4.39 Å². The van der Waals surface area contributed by atoms with Gasteiger partial charge < -0.3 is 15.4 Å². The first-order valence-corrected chi connectivity index (χ1v) is 10.5. The summed E-state index contributed by atoms with van der Waals surface area (Å²) >= 11 is 6.14. The van der Waals surface area contributed by atoms with Crippen LogP contribution in [0.4, 0.5) is 4.39 Å². The van der Waals surface area contributed by atoms with Gasteiger partial charge in [0.15, 0.2) is 5.78 Å². The number of carbonyl (C=O) groups excluding carboxylic acids is 1. The minimum atomic E-state index is -1.13. The Balaban J connectivity index is 1.73. The molecular formula is C24H23ClFN3O2. The number of hydrogen-bond acceptors (Lipinski definition) is 4. The van der Waals surface area contributed by atoms with Gasteiger partial charge in [-0.3, -0.25) is 10.2 Å². The lowest BCUT2D eigenvalue weighted by atomic mass is 9.80. The number of aliphatic hydroxyl groups excluding tert-OH is 1. The number of halogens is 2. The number of nitrogens with two attached hydrogens (primary N) is 1. The number of nitrogens with one attached hydrogen (secondary N) is 1. The fraction of sp³-hybridized carbons (Fsp3) is 0.250. The zero-order valence-electron chi connectivity index (χ0n) is 16.9. The number of benzene rings is 2. The highest BCUT2D eigenvalue weighted by atomic mass is 35.5. The van der Waals surface area contributed by atoms with E-state index in [1.807, 2.05) is 18.2 Å². The van der Waals surface area contributed by atoms with E-state index in [2.05, 4.69) is 0 Å². The third-order valence-corrected chi connectivity index (χ3v) is 6.21. The molecule has 0 bridgehead atoms. The Morgan fingerprint density at radius 2 is 2.10 bits per heavy atom. The highest BCUT2D eigenvalue weighted by Crippen LogP contribution is 2.33. The molecule has 4 N–H and O–H groups in total. The van der Waals surface area contributed by atoms with Crippen LogP contribution in [0.1, 0.15) is 33.5 Å². The van der Waals surface area contributed by atoms with E-state index in [1.54, 1.807) is 29.0 Å². The second-order valence-corrected chi connectivity index (χ2v) is 8.24. The molecule has 5 nitrogen and oxygen atoms in total. The molecule has 0 saturated heterocycles. The van der Waals surface area contributed by atoms with Crippen molar-refractivity contribution in [3.63, 3.8) is 0 Å². The summed E-state index contributed by atoms with van der Waals surface area (Å²) in [7, 11) is 0. The number of carbonyl (C=O) groups is 1. The standard InChI is InChI=1S/C24H23ClFN3O2/c25-18-5-3-14-1-2-16(9-17(14)10-18)23(31)21-13-29(7-8-30)22-11-15(4-6-19(21)22)20(12-27)24(26)28/h3-6,10-13,16,28,30H,1-2,7-9,27H2/b20-12-,28-24?. The van der Waals surface area contributed by atoms with Gasteiger partial charge in [-0.05, 0) is 54.2 Å². The largest absolute Gasteiger partial charge is 0.404 e. The van der Waals surface area contributed by atoms with Crippen molar-refractivity contribution in [2.45, 2.75) is 25.8 Å². The van der Waals surface area contributed by atoms with E-state index in [9.17, 15) is 14.3 Å². The molecule has 0 aliphatic heterocycles. The molecule has 1 aliphatic rings. The Bertz CT molecular complexity index is 1210. The number of hydrogen-bond donors (Lipinski definition) is 3. The Kier molecular flexibility index (Phi) is 5.94. The molecular weight excluding hydrogens is 417 g/mol. The highest BCUT2D eigenvalue weighted by molar-refractivity contribution is 6.30. The van der Waals surface area contributed by atoms with E-state index < -0.39 is 5.97 Å². The lowest BCUT2D eigenvalue weighted by Gasteiger charge is -2.23. The molecule has 2 aromatic carbocycles. The van der Waals surface area contributed by atoms with E-state index in [0.29, 0.717) is 34.6 Å². The van der Waals surface area contributed by atoms with Crippen molar-refractivity contribution >= 4 is 39.8 Å². The number of Topliss-reactive ketones (excluding diaryl/α,β-unsaturated/α-hetero) is 1. The van der Waals surface area contributed by atoms with Crippen molar-refractivity contribution in [2.75, 3.05) is 6.61 Å². The molecule has 160 valence electrons. The zero-order chi connectivity index (χ0) is 22.1. The van der Waals surface area contributed by atoms with Crippen molar-refractivity contribution in [3.8, 4) is 0 Å². The average Bonchev–Trinajstić information content (AvgIpc) is 3.11. The highest BCUT2D eigenvalue weighted by Gasteiger charge is 2.28. The van der Waals surface area contributed by atoms with Crippen LogP contribution in [0, 0.1) is 11.3 Å². The lowest BCUT2D eigenvalue weighted by molar-refractivity contribution is 0.0910. The van der Waals surface area contributed by atoms with Crippen LogP contribution in [0.25, 0.3) is 16.5 Å². The molecule has 4 rings (SSSR count). The number of aromatic nitrogens is 1. The summed E-state index contributed by atoms with van der Waals surface area (Å²) in [6.07, 6.45) is 5.04. The fourth-order valence-electron chi connectivity index (χ4n) is 4.41. The number of allylic oxidation sites excluding steroid dienone is 1. The molecule has 0 fully saturated rings. The van der Waals surface area contributed by atoms with E-state index >= 15 is 0 Å². The summed E-state index contributed by atoms with van der Waals surface area (Å²) in [5.41, 5.74) is 9.53. The van der Waals surface area contributed by atoms with Crippen molar-refractivity contribution in [2.24, 2.45) is 11.7 Å². The number of aryl methyl sites for hydroxylation is 1. The maximum absolute atomic E-state index is 13.6. The Morgan fingerprint density at radius 3 is 2.81 bits per heavy atom. The molecule has 0 spiro atoms. The van der Waals surface area contributed by atoms with Crippen LogP contribution in [0.5, 0.6) is 0 Å². The van der Waals surface area contributed by atoms with Crippen LogP contribution in [0.15, 0.2) is 48.8 Å². The summed E-state index contributed by atoms with van der Waals surface area (Å²) in [4.78, 5) is 13.5. The Hall–Kier alpha value is -2.96. The lowest BCUT2D eigenvalue weighted by Crippen LogP contribution is -2.22. The normalized spacial score (nSPS) is 16.4. The first-order valence-electron chi connectivity index (χ1n) is 10.1. The topological polar surface area (TPSA) is 92.1 Å². The molecule has 0 saturated carbocycles. The van der Waals surface area contributed by atoms with Crippen LogP contribution in [0.2, 0.25) is 5.02 Å². The number of ketones is 1. The van der Waals surface area contributed by atoms with Gasteiger partial charge in [0.2, 0.25) is 5.97 Å². The molecule has 1 aromatic heterocycles. The molecule has 1 atom stereocenters. The summed E-state index contributed by atoms with van der Waals surface area (Å²) in [5.74, 6) is -1.23. The number of aliphatic hydroxyl groups is 1. The summed E-state index contributed by atoms with van der Waals surface area (Å²) in [6, 6.07) is 11.0. The maximum atomic E-state index is 13.6. The van der Waals surface area contributed by atoms with Gasteiger partial charge in [-0.1, -0.05) is 29.8 Å². The Morgan fingerprint density at radius 1 is 1.29 bits per heavy atom. The van der Waals surface area contributed by atoms with Gasteiger partial charge >= 0.3 is 0 Å². The first kappa shape index (κ1) is 21.3. The quantitative estimate of drug-likeness (QED) is 0.389. The monoisotopic (exact) mass is 439 g/mol. The molecule has 1 heterocycles. The third kappa shape index (κ3) is 4.01. The predicted molar refractivity (Wildman–Crippen MR) is 121 cm³/mol. The van der Waals surface area contributed by atoms with Gasteiger partial charge in [0.1, 0.15) is 0 Å². The third-order valence-electron chi connectivity index (χ3n) is 5.97. The van der Waals surface area contributed by atoms with Gasteiger partial charge in [0.25, 0.3) is 0 Å². The number of nitrogens with zero attached hydrogens (tertiary/aromatic N) is 1. The summed E-state index contributed by atoms with van der Waals surface area (Å²) in [5, 5.41) is 18.2. The fourth-order valence-corrected chi connectivity index (χ4v) is 4.61. The smallest absolute Gasteiger partial charge is 0.214 e. The molecule has 3 aromatic rings. The molecule has 0 amide bonds. The van der Waals surface area contributed by atoms with Crippen LogP contribution < -0.4 is 5.73 Å². The van der Waals surface area contributed by atoms with E-state index in [1.165, 1.54) is 5.56 Å². The zero-order valence-corrected chi connectivity index (χ0v) is 17.6. The van der Waals surface area contributed by atoms with Crippen LogP contribution in [-0.4, -0.2) is 28.0 Å². The van der Waals surface area contributed by atoms with Gasteiger partial charge in [0.05, 0.1) is 12.2 Å². The predicted octanol–water partition coefficient (Wildman–Crippen LogP) is 4.52. The minimum Gasteiger partial charge on any atom is -0.404 e. The van der Waals surface area contributed by atoms with Gasteiger partial charge in [0, 0.05) is 46.3 Å². The molecule has 1 unspecified atom stereocenters. The molecule has 31 heavy (non-hydrogen) atoms. The maximum Gasteiger partial charge on any atom is 0.214 e. The first-order chi connectivity index (χ1) is 14.9. The van der Waals surface area contributed by atoms with E-state index in [4.69, 9.17) is 22.7 Å². The summed E-state index contributed by atoms with van der Waals surface area (Å²) < 4.78 is 15.3. The van der Waals surface area contributed by atoms with E-state index in [0.717, 1.165) is 30.0 Å². The number of fused-ring (bicyclic) bond motifs is 2. The van der Waals surface area contributed by atoms with Crippen LogP contribution >= 0.6 is 11.6 Å². The molecule has 7 heteroatoms. The van der Waals surface area contributed by atoms with Crippen molar-refractivity contribution in [1.29, 1.82) is 5.41 Å². The average molecular weight is 440 g/mol. The van der Waals surface area contributed by atoms with E-state index in [-0.39, 0.29) is 23.9 Å². The van der Waals surface area contributed by atoms with Crippen molar-refractivity contribution in [3.05, 3.63) is 76.1 Å². The van der Waals surface area contributed by atoms with Crippen LogP contribution in [-0.2, 0) is 19.4 Å². The van der Waals surface area contributed by atoms with Crippen molar-refractivity contribution < 1.29 is 14.3 Å². The summed E-state index contributed by atoms with van der Waals surface area (Å²) in [6.45, 7) is 0.195. The minimum absolute atomic E-state index is 0.0210. The van der Waals surface area contributed by atoms with Gasteiger partial charge in [-0.15, -0.1) is 0 Å². The Labute approximate surface area is 184 Å². The SMILES string of the molecule is N=C(F)/C(=C\N)c1ccc2c(C(=O)C3CCc4ccc(Cl)cc4C3)cn(CCO)c2c1. The molecule has 1 aliphatic carbocycles. The van der Waals surface area contributed by atoms with Gasteiger partial charge in [-0.25, -0.2) is 0 Å². The second-order valence-electron chi connectivity index (χ2n) is 7.80. The van der Waals surface area contributed by atoms with Crippen molar-refractivity contribution in [1.82, 2.24) is 4.57 Å². The van der Waals surface area contributed by atoms with Crippen LogP contribution in [0.3, 0.4) is 0 Å². The molecule has 0 radical (unpaired) electrons.